The van der Waals surface area contributed by atoms with Gasteiger partial charge in [-0.05, 0) is 0 Å². The second-order valence-electron chi connectivity index (χ2n) is 7.33. The Bertz CT molecular complexity index is 726. The van der Waals surface area contributed by atoms with Crippen LogP contribution in [0.3, 0.4) is 0 Å². The molecule has 25 heavy (non-hydrogen) atoms. The minimum absolute atomic E-state index is 0. The molecule has 5 rings (SSSR count). The summed E-state index contributed by atoms with van der Waals surface area (Å²) in [5, 5.41) is 1.92. The molecular weight excluding hydrogens is 412 g/mol. The summed E-state index contributed by atoms with van der Waals surface area (Å²) in [4.78, 5) is 0. The van der Waals surface area contributed by atoms with E-state index >= 15 is 0 Å². The Morgan fingerprint density at radius 1 is 1.12 bits per heavy atom. The van der Waals surface area contributed by atoms with Crippen LogP contribution < -0.4 is 9.41 Å². The molecule has 0 spiro atoms. The average molecular weight is 436 g/mol. The topological polar surface area (TPSA) is 0 Å². The Kier molecular flexibility index (Phi) is 5.96. The van der Waals surface area contributed by atoms with Crippen LogP contribution in [0, 0.1) is 11.8 Å². The fraction of sp³-hybridized carbons (Fsp3) is 0.429. The Labute approximate surface area is 161 Å². The number of fused-ring (bicyclic) bond motifs is 6. The number of hydrogen-bond acceptors (Lipinski definition) is 0. The molecule has 1 aromatic rings. The van der Waals surface area contributed by atoms with E-state index in [2.05, 4.69) is 61.6 Å². The van der Waals surface area contributed by atoms with Crippen molar-refractivity contribution < 1.29 is 32.6 Å². The number of halogens is 2. The monoisotopic (exact) mass is 434 g/mol. The van der Waals surface area contributed by atoms with Crippen LogP contribution in [0.1, 0.15) is 34.5 Å². The molecular formula is C21H23F2PZr. The maximum atomic E-state index is 2.63. The van der Waals surface area contributed by atoms with E-state index in [0.29, 0.717) is 0 Å². The first-order valence-corrected chi connectivity index (χ1v) is 13.5. The van der Waals surface area contributed by atoms with Gasteiger partial charge in [0.2, 0.25) is 0 Å². The van der Waals surface area contributed by atoms with Crippen molar-refractivity contribution in [3.05, 3.63) is 65.0 Å². The van der Waals surface area contributed by atoms with E-state index in [1.54, 1.807) is 11.1 Å². The van der Waals surface area contributed by atoms with Crippen molar-refractivity contribution in [3.8, 4) is 0 Å². The zero-order valence-corrected chi connectivity index (χ0v) is 17.8. The summed E-state index contributed by atoms with van der Waals surface area (Å²) >= 11 is -0.428. The van der Waals surface area contributed by atoms with Crippen LogP contribution in [-0.2, 0) is 23.2 Å². The number of benzene rings is 1. The van der Waals surface area contributed by atoms with Gasteiger partial charge in [-0.15, -0.1) is 0 Å². The number of rotatable bonds is 2. The molecule has 0 amide bonds. The SMILES string of the molecule is CCCP1C2=Cc3ccccc3[CH]2[Zr+2][CH]2C3C=CC=CC3CC21.[F-].[F-]. The van der Waals surface area contributed by atoms with Crippen molar-refractivity contribution in [2.75, 3.05) is 6.16 Å². The molecule has 4 heteroatoms. The molecule has 1 saturated heterocycles. The Morgan fingerprint density at radius 2 is 1.92 bits per heavy atom. The van der Waals surface area contributed by atoms with Crippen molar-refractivity contribution in [2.24, 2.45) is 11.8 Å². The van der Waals surface area contributed by atoms with E-state index in [0.717, 1.165) is 24.7 Å². The minimum atomic E-state index is -0.428. The Hall–Kier alpha value is -0.387. The number of hydrogen-bond donors (Lipinski definition) is 0. The summed E-state index contributed by atoms with van der Waals surface area (Å²) in [5.74, 6) is 1.76. The first-order valence-electron chi connectivity index (χ1n) is 9.05. The van der Waals surface area contributed by atoms with Gasteiger partial charge in [-0.3, -0.25) is 0 Å². The molecule has 130 valence electrons. The standard InChI is InChI=1S/C21H23P.2FH.Zr/c1-2-11-22(20-12-16-7-3-4-8-17(16)13-20)21-14-18-9-5-6-10-19(18)15-21;;;/h3-10,12-14,18-19,21H,2,11,15H2,1H3;2*1H;/q;;;+2/p-2. The normalized spacial score (nSPS) is 35.6. The third-order valence-electron chi connectivity index (χ3n) is 6.10. The molecule has 6 atom stereocenters. The van der Waals surface area contributed by atoms with Gasteiger partial charge in [-0.1, -0.05) is 0 Å². The summed E-state index contributed by atoms with van der Waals surface area (Å²) in [7, 11) is 0.1000. The molecule has 0 bridgehead atoms. The van der Waals surface area contributed by atoms with Crippen LogP contribution in [0.2, 0.25) is 3.63 Å². The van der Waals surface area contributed by atoms with Crippen molar-refractivity contribution >= 4 is 14.0 Å². The van der Waals surface area contributed by atoms with Gasteiger partial charge in [-0.2, -0.15) is 0 Å². The summed E-state index contributed by atoms with van der Waals surface area (Å²) in [6.07, 6.45) is 16.7. The average Bonchev–Trinajstić information content (AvgIpc) is 3.14. The summed E-state index contributed by atoms with van der Waals surface area (Å²) < 4.78 is 2.00. The van der Waals surface area contributed by atoms with Crippen molar-refractivity contribution in [3.63, 3.8) is 0 Å². The molecule has 0 nitrogen and oxygen atoms in total. The Morgan fingerprint density at radius 3 is 2.76 bits per heavy atom. The van der Waals surface area contributed by atoms with Gasteiger partial charge in [0, 0.05) is 0 Å². The van der Waals surface area contributed by atoms with Crippen LogP contribution in [0.25, 0.3) is 6.08 Å². The van der Waals surface area contributed by atoms with E-state index in [-0.39, 0.29) is 17.3 Å². The van der Waals surface area contributed by atoms with E-state index < -0.39 is 23.2 Å². The van der Waals surface area contributed by atoms with Crippen LogP contribution in [0.5, 0.6) is 0 Å². The molecule has 0 aromatic heterocycles. The first kappa shape index (κ1) is 19.4. The van der Waals surface area contributed by atoms with E-state index in [1.807, 2.05) is 5.31 Å². The predicted octanol–water partition coefficient (Wildman–Crippen LogP) is -0.00260. The van der Waals surface area contributed by atoms with Gasteiger partial charge in [0.1, 0.15) is 0 Å². The molecule has 1 heterocycles. The molecule has 1 saturated carbocycles. The predicted molar refractivity (Wildman–Crippen MR) is 96.7 cm³/mol. The molecule has 1 aromatic carbocycles. The molecule has 3 aliphatic carbocycles. The third-order valence-corrected chi connectivity index (χ3v) is 15.9. The van der Waals surface area contributed by atoms with Gasteiger partial charge < -0.3 is 9.41 Å². The molecule has 0 radical (unpaired) electrons. The minimum Gasteiger partial charge on any atom is -1.00 e. The maximum absolute atomic E-state index is 2.63. The van der Waals surface area contributed by atoms with E-state index in [9.17, 15) is 0 Å². The zero-order valence-electron chi connectivity index (χ0n) is 14.4. The van der Waals surface area contributed by atoms with Crippen LogP contribution >= 0.6 is 7.92 Å². The van der Waals surface area contributed by atoms with Gasteiger partial charge in [-0.25, -0.2) is 0 Å². The van der Waals surface area contributed by atoms with Gasteiger partial charge in [0.25, 0.3) is 0 Å². The van der Waals surface area contributed by atoms with Gasteiger partial charge in [0.05, 0.1) is 0 Å². The van der Waals surface area contributed by atoms with Gasteiger partial charge >= 0.3 is 153 Å². The van der Waals surface area contributed by atoms with E-state index in [4.69, 9.17) is 0 Å². The summed E-state index contributed by atoms with van der Waals surface area (Å²) in [6.45, 7) is 2.39. The molecule has 6 unspecified atom stereocenters. The molecule has 2 fully saturated rings. The second-order valence-corrected chi connectivity index (χ2v) is 13.8. The smallest absolute Gasteiger partial charge is 1.00 e. The fourth-order valence-corrected chi connectivity index (χ4v) is 16.9. The van der Waals surface area contributed by atoms with Gasteiger partial charge in [0.15, 0.2) is 0 Å². The van der Waals surface area contributed by atoms with Crippen molar-refractivity contribution in [1.29, 1.82) is 0 Å². The summed E-state index contributed by atoms with van der Waals surface area (Å²) in [5.41, 5.74) is 4.32. The van der Waals surface area contributed by atoms with E-state index in [1.165, 1.54) is 19.0 Å². The first-order chi connectivity index (χ1) is 11.4. The quantitative estimate of drug-likeness (QED) is 0.574. The third kappa shape index (κ3) is 3.00. The van der Waals surface area contributed by atoms with Crippen LogP contribution in [0.15, 0.2) is 53.9 Å². The molecule has 4 aliphatic rings. The second kappa shape index (κ2) is 7.69. The van der Waals surface area contributed by atoms with Crippen LogP contribution in [-0.4, -0.2) is 11.8 Å². The maximum Gasteiger partial charge on any atom is -1.00 e. The van der Waals surface area contributed by atoms with Crippen molar-refractivity contribution in [2.45, 2.75) is 32.7 Å². The largest absolute Gasteiger partial charge is 1.00 e. The summed E-state index contributed by atoms with van der Waals surface area (Å²) in [6, 6.07) is 9.30. The zero-order chi connectivity index (χ0) is 15.4. The molecule has 1 aliphatic heterocycles. The van der Waals surface area contributed by atoms with Crippen LogP contribution in [0.4, 0.5) is 0 Å². The number of allylic oxidation sites excluding steroid dienone is 5. The molecule has 0 N–H and O–H groups in total. The fourth-order valence-electron chi connectivity index (χ4n) is 5.17. The Balaban J connectivity index is 0.000000911. The van der Waals surface area contributed by atoms with Crippen molar-refractivity contribution in [1.82, 2.24) is 0 Å².